The van der Waals surface area contributed by atoms with E-state index in [1.54, 1.807) is 19.9 Å². The second-order valence-electron chi connectivity index (χ2n) is 12.5. The zero-order chi connectivity index (χ0) is 30.6. The van der Waals surface area contributed by atoms with Crippen LogP contribution in [0, 0.1) is 23.7 Å². The lowest BCUT2D eigenvalue weighted by Gasteiger charge is -2.44. The van der Waals surface area contributed by atoms with Crippen molar-refractivity contribution in [1.82, 2.24) is 4.90 Å². The number of aliphatic hydroxyl groups is 2. The number of cyclic esters (lactones) is 1. The Morgan fingerprint density at radius 3 is 2.46 bits per heavy atom. The van der Waals surface area contributed by atoms with Gasteiger partial charge in [-0.15, -0.1) is 0 Å². The average molecular weight is 580 g/mol. The highest BCUT2D eigenvalue weighted by atomic mass is 16.7. The number of likely N-dealkylation sites (N-methyl/N-ethyl adjacent to an activating group) is 1. The van der Waals surface area contributed by atoms with Gasteiger partial charge in [0.25, 0.3) is 0 Å². The minimum absolute atomic E-state index is 0.0435. The molecular weight excluding hydrogens is 530 g/mol. The van der Waals surface area contributed by atoms with Gasteiger partial charge in [0.05, 0.1) is 24.4 Å². The molecule has 41 heavy (non-hydrogen) atoms. The summed E-state index contributed by atoms with van der Waals surface area (Å²) in [6, 6.07) is -0.234. The number of hydrogen-bond donors (Lipinski definition) is 2. The third-order valence-electron chi connectivity index (χ3n) is 9.00. The molecule has 2 saturated heterocycles. The summed E-state index contributed by atoms with van der Waals surface area (Å²) in [4.78, 5) is 39.9. The Balaban J connectivity index is 2.00. The summed E-state index contributed by atoms with van der Waals surface area (Å²) < 4.78 is 24.1. The molecule has 3 aliphatic heterocycles. The highest BCUT2D eigenvalue weighted by Crippen LogP contribution is 2.44. The van der Waals surface area contributed by atoms with Crippen molar-refractivity contribution in [3.8, 4) is 0 Å². The number of rotatable bonds is 6. The molecule has 3 rings (SSSR count). The first kappa shape index (κ1) is 33.4. The van der Waals surface area contributed by atoms with Gasteiger partial charge in [-0.3, -0.25) is 4.79 Å². The molecule has 2 fully saturated rings. The van der Waals surface area contributed by atoms with E-state index in [2.05, 4.69) is 0 Å². The van der Waals surface area contributed by atoms with Gasteiger partial charge in [0.2, 0.25) is 0 Å². The van der Waals surface area contributed by atoms with E-state index in [0.29, 0.717) is 12.8 Å². The molecule has 0 radical (unpaired) electrons. The van der Waals surface area contributed by atoms with Gasteiger partial charge in [0.1, 0.15) is 29.9 Å². The number of nitrogens with zero attached hydrogens (tertiary/aromatic N) is 1. The van der Waals surface area contributed by atoms with Crippen molar-refractivity contribution < 1.29 is 43.5 Å². The monoisotopic (exact) mass is 579 g/mol. The highest BCUT2D eigenvalue weighted by Gasteiger charge is 2.55. The molecular formula is C31H49NO9. The van der Waals surface area contributed by atoms with Crippen LogP contribution in [0.3, 0.4) is 0 Å². The number of carbonyl (C=O) groups excluding carboxylic acids is 3. The Morgan fingerprint density at radius 1 is 1.17 bits per heavy atom. The third-order valence-corrected chi connectivity index (χ3v) is 9.00. The van der Waals surface area contributed by atoms with Gasteiger partial charge in [-0.2, -0.15) is 0 Å². The van der Waals surface area contributed by atoms with Crippen LogP contribution < -0.4 is 0 Å². The Kier molecular flexibility index (Phi) is 11.3. The first-order valence-corrected chi connectivity index (χ1v) is 14.8. The van der Waals surface area contributed by atoms with Gasteiger partial charge in [-0.1, -0.05) is 27.7 Å². The number of aldehydes is 1. The SMILES string of the molecule is CCC1OC(=O)C=C(O)C(C)C(OC2OC(C)CC(N(C)C)C2O)C(CC=O)CC(C)C(=O)C=CC2(C)OC2C1C. The molecule has 10 nitrogen and oxygen atoms in total. The second-order valence-corrected chi connectivity index (χ2v) is 12.5. The van der Waals surface area contributed by atoms with Gasteiger partial charge >= 0.3 is 5.97 Å². The summed E-state index contributed by atoms with van der Waals surface area (Å²) in [7, 11) is 3.74. The van der Waals surface area contributed by atoms with E-state index in [1.807, 2.05) is 46.7 Å². The van der Waals surface area contributed by atoms with Crippen molar-refractivity contribution in [3.63, 3.8) is 0 Å². The topological polar surface area (TPSA) is 135 Å². The van der Waals surface area contributed by atoms with E-state index in [-0.39, 0.29) is 48.6 Å². The summed E-state index contributed by atoms with van der Waals surface area (Å²) in [5.74, 6) is -3.00. The molecule has 232 valence electrons. The molecule has 3 heterocycles. The number of hydrogen-bond acceptors (Lipinski definition) is 10. The molecule has 0 saturated carbocycles. The van der Waals surface area contributed by atoms with E-state index in [4.69, 9.17) is 18.9 Å². The van der Waals surface area contributed by atoms with Crippen LogP contribution in [0.5, 0.6) is 0 Å². The van der Waals surface area contributed by atoms with E-state index in [1.165, 1.54) is 6.08 Å². The second kappa shape index (κ2) is 13.9. The van der Waals surface area contributed by atoms with Crippen molar-refractivity contribution in [1.29, 1.82) is 0 Å². The van der Waals surface area contributed by atoms with E-state index < -0.39 is 53.9 Å². The molecule has 0 aromatic heterocycles. The summed E-state index contributed by atoms with van der Waals surface area (Å²) in [6.45, 7) is 11.1. The molecule has 0 aromatic rings. The van der Waals surface area contributed by atoms with Crippen molar-refractivity contribution in [2.45, 2.75) is 116 Å². The zero-order valence-electron chi connectivity index (χ0n) is 25.7. The predicted molar refractivity (Wildman–Crippen MR) is 152 cm³/mol. The lowest BCUT2D eigenvalue weighted by Crippen LogP contribution is -2.55. The smallest absolute Gasteiger partial charge is 0.334 e. The molecule has 0 amide bonds. The molecule has 0 spiro atoms. The first-order valence-electron chi connectivity index (χ1n) is 14.8. The first-order chi connectivity index (χ1) is 19.2. The minimum Gasteiger partial charge on any atom is -0.512 e. The van der Waals surface area contributed by atoms with Crippen LogP contribution in [0.15, 0.2) is 24.0 Å². The fourth-order valence-corrected chi connectivity index (χ4v) is 6.28. The van der Waals surface area contributed by atoms with Crippen LogP contribution >= 0.6 is 0 Å². The highest BCUT2D eigenvalue weighted by molar-refractivity contribution is 5.91. The maximum absolute atomic E-state index is 13.2. The van der Waals surface area contributed by atoms with Crippen LogP contribution in [-0.2, 0) is 33.3 Å². The largest absolute Gasteiger partial charge is 0.512 e. The number of ether oxygens (including phenoxy) is 4. The minimum atomic E-state index is -1.04. The molecule has 0 bridgehead atoms. The lowest BCUT2D eigenvalue weighted by atomic mass is 9.81. The van der Waals surface area contributed by atoms with Crippen molar-refractivity contribution >= 4 is 18.0 Å². The Bertz CT molecular complexity index is 996. The number of epoxide rings is 1. The van der Waals surface area contributed by atoms with Crippen molar-refractivity contribution in [3.05, 3.63) is 24.0 Å². The molecule has 0 aliphatic carbocycles. The fourth-order valence-electron chi connectivity index (χ4n) is 6.28. The van der Waals surface area contributed by atoms with Crippen molar-refractivity contribution in [2.75, 3.05) is 14.1 Å². The average Bonchev–Trinajstić information content (AvgIpc) is 3.60. The molecule has 12 atom stereocenters. The number of aliphatic hydroxyl groups excluding tert-OH is 2. The fraction of sp³-hybridized carbons (Fsp3) is 0.774. The molecule has 10 heteroatoms. The number of carbonyl (C=O) groups is 3. The van der Waals surface area contributed by atoms with Crippen LogP contribution in [0.2, 0.25) is 0 Å². The van der Waals surface area contributed by atoms with Gasteiger partial charge in [0, 0.05) is 30.2 Å². The number of fused-ring (bicyclic) bond motifs is 1. The number of ketones is 1. The summed E-state index contributed by atoms with van der Waals surface area (Å²) >= 11 is 0. The molecule has 0 aromatic carbocycles. The quantitative estimate of drug-likeness (QED) is 0.274. The van der Waals surface area contributed by atoms with Gasteiger partial charge in [0.15, 0.2) is 12.1 Å². The number of allylic oxidation sites excluding steroid dienone is 1. The van der Waals surface area contributed by atoms with Gasteiger partial charge in [-0.25, -0.2) is 4.79 Å². The normalized spacial score (nSPS) is 42.8. The van der Waals surface area contributed by atoms with Crippen LogP contribution in [-0.4, -0.2) is 95.7 Å². The Labute approximate surface area is 244 Å². The van der Waals surface area contributed by atoms with E-state index >= 15 is 0 Å². The summed E-state index contributed by atoms with van der Waals surface area (Å²) in [6.07, 6.45) is 2.76. The standard InChI is InChI=1S/C31H49NO9/c1-9-25-20(5)29-31(6,41-29)12-10-23(34)17(2)14-21(11-13-33)28(19(4)24(35)16-26(36)39-25)40-30-27(37)22(32(7)8)15-18(3)38-30/h10,12-13,16-22,25,27-30,35,37H,9,11,14-15H2,1-8H3. The molecule has 3 aliphatic rings. The maximum atomic E-state index is 13.2. The van der Waals surface area contributed by atoms with Crippen LogP contribution in [0.25, 0.3) is 0 Å². The summed E-state index contributed by atoms with van der Waals surface area (Å²) in [5.41, 5.74) is -0.653. The van der Waals surface area contributed by atoms with Gasteiger partial charge < -0.3 is 38.9 Å². The predicted octanol–water partition coefficient (Wildman–Crippen LogP) is 3.36. The van der Waals surface area contributed by atoms with E-state index in [9.17, 15) is 24.6 Å². The molecule has 2 N–H and O–H groups in total. The third kappa shape index (κ3) is 8.04. The van der Waals surface area contributed by atoms with Crippen LogP contribution in [0.1, 0.15) is 67.2 Å². The molecule has 12 unspecified atom stereocenters. The maximum Gasteiger partial charge on any atom is 0.334 e. The van der Waals surface area contributed by atoms with Crippen LogP contribution in [0.4, 0.5) is 0 Å². The Hall–Kier alpha value is -2.11. The Morgan fingerprint density at radius 2 is 1.85 bits per heavy atom. The lowest BCUT2D eigenvalue weighted by molar-refractivity contribution is -0.279. The zero-order valence-corrected chi connectivity index (χ0v) is 25.7. The number of esters is 1. The van der Waals surface area contributed by atoms with Crippen molar-refractivity contribution in [2.24, 2.45) is 23.7 Å². The summed E-state index contributed by atoms with van der Waals surface area (Å²) in [5, 5.41) is 22.3. The van der Waals surface area contributed by atoms with E-state index in [0.717, 1.165) is 12.4 Å². The van der Waals surface area contributed by atoms with Gasteiger partial charge in [-0.05, 0) is 65.3 Å².